The Labute approximate surface area is 175 Å². The lowest BCUT2D eigenvalue weighted by molar-refractivity contribution is -0.389. The van der Waals surface area contributed by atoms with Crippen LogP contribution in [0.2, 0.25) is 5.02 Å². The Bertz CT molecular complexity index is 1200. The van der Waals surface area contributed by atoms with E-state index in [9.17, 15) is 23.3 Å². The molecule has 0 saturated carbocycles. The normalized spacial score (nSPS) is 11.1. The van der Waals surface area contributed by atoms with Crippen LogP contribution in [-0.4, -0.2) is 39.0 Å². The van der Waals surface area contributed by atoms with Gasteiger partial charge >= 0.3 is 5.82 Å². The predicted molar refractivity (Wildman–Crippen MR) is 107 cm³/mol. The van der Waals surface area contributed by atoms with Gasteiger partial charge in [-0.05, 0) is 42.2 Å². The molecule has 0 bridgehead atoms. The van der Waals surface area contributed by atoms with E-state index in [0.29, 0.717) is 5.69 Å². The van der Waals surface area contributed by atoms with Crippen LogP contribution in [0.3, 0.4) is 0 Å². The smallest absolute Gasteiger partial charge is 0.358 e. The minimum Gasteiger partial charge on any atom is -0.358 e. The third kappa shape index (κ3) is 4.69. The van der Waals surface area contributed by atoms with Crippen LogP contribution in [0, 0.1) is 17.0 Å². The highest BCUT2D eigenvalue weighted by Gasteiger charge is 2.25. The SMILES string of the molecule is Cc1c(Cl)c([N+](=O)[O-])nn1CC(=O)Nc1ccc(S(=O)(=O)Nc2ncccn2)cc1. The van der Waals surface area contributed by atoms with Crippen molar-refractivity contribution in [1.29, 1.82) is 0 Å². The fourth-order valence-corrected chi connectivity index (χ4v) is 3.53. The highest BCUT2D eigenvalue weighted by molar-refractivity contribution is 7.92. The van der Waals surface area contributed by atoms with Gasteiger partial charge in [0, 0.05) is 18.1 Å². The van der Waals surface area contributed by atoms with Crippen molar-refractivity contribution in [1.82, 2.24) is 19.7 Å². The summed E-state index contributed by atoms with van der Waals surface area (Å²) in [7, 11) is -3.90. The van der Waals surface area contributed by atoms with Gasteiger partial charge in [-0.25, -0.2) is 23.1 Å². The van der Waals surface area contributed by atoms with E-state index in [2.05, 4.69) is 25.1 Å². The minimum atomic E-state index is -3.90. The van der Waals surface area contributed by atoms with Crippen LogP contribution in [0.5, 0.6) is 0 Å². The second kappa shape index (κ2) is 8.42. The van der Waals surface area contributed by atoms with Gasteiger partial charge in [0.2, 0.25) is 11.9 Å². The number of nitro groups is 1. The van der Waals surface area contributed by atoms with Crippen LogP contribution >= 0.6 is 11.6 Å². The Morgan fingerprint density at radius 1 is 1.23 bits per heavy atom. The second-order valence-electron chi connectivity index (χ2n) is 5.89. The lowest BCUT2D eigenvalue weighted by Crippen LogP contribution is -2.20. The molecule has 2 N–H and O–H groups in total. The fourth-order valence-electron chi connectivity index (χ4n) is 2.36. The van der Waals surface area contributed by atoms with Crippen LogP contribution in [0.4, 0.5) is 17.5 Å². The van der Waals surface area contributed by atoms with Gasteiger partial charge in [-0.15, -0.1) is 0 Å². The zero-order valence-electron chi connectivity index (χ0n) is 15.3. The van der Waals surface area contributed by atoms with E-state index < -0.39 is 26.7 Å². The van der Waals surface area contributed by atoms with E-state index in [4.69, 9.17) is 11.6 Å². The van der Waals surface area contributed by atoms with Crippen LogP contribution in [-0.2, 0) is 21.4 Å². The molecule has 0 spiro atoms. The number of hydrogen-bond donors (Lipinski definition) is 2. The summed E-state index contributed by atoms with van der Waals surface area (Å²) in [5, 5.41) is 17.0. The summed E-state index contributed by atoms with van der Waals surface area (Å²) in [5.41, 5.74) is 0.592. The number of hydrogen-bond acceptors (Lipinski definition) is 8. The van der Waals surface area contributed by atoms with Crippen molar-refractivity contribution in [2.24, 2.45) is 0 Å². The van der Waals surface area contributed by atoms with E-state index in [-0.39, 0.29) is 28.1 Å². The zero-order chi connectivity index (χ0) is 21.9. The van der Waals surface area contributed by atoms with Crippen molar-refractivity contribution in [3.05, 3.63) is 63.6 Å². The molecule has 0 aliphatic carbocycles. The molecule has 14 heteroatoms. The third-order valence-corrected chi connectivity index (χ3v) is 5.61. The maximum atomic E-state index is 12.3. The van der Waals surface area contributed by atoms with Crippen LogP contribution in [0.25, 0.3) is 0 Å². The summed E-state index contributed by atoms with van der Waals surface area (Å²) in [5.74, 6) is -1.14. The first-order chi connectivity index (χ1) is 14.2. The summed E-state index contributed by atoms with van der Waals surface area (Å²) < 4.78 is 28.0. The number of halogens is 1. The van der Waals surface area contributed by atoms with Gasteiger partial charge in [0.1, 0.15) is 6.54 Å². The summed E-state index contributed by atoms with van der Waals surface area (Å²) in [6, 6.07) is 6.92. The van der Waals surface area contributed by atoms with Crippen molar-refractivity contribution in [2.45, 2.75) is 18.4 Å². The van der Waals surface area contributed by atoms with Gasteiger partial charge in [0.15, 0.2) is 5.02 Å². The van der Waals surface area contributed by atoms with Gasteiger partial charge in [-0.3, -0.25) is 4.79 Å². The molecule has 0 aliphatic rings. The van der Waals surface area contributed by atoms with E-state index in [1.54, 1.807) is 6.07 Å². The molecule has 0 unspecified atom stereocenters. The second-order valence-corrected chi connectivity index (χ2v) is 7.95. The predicted octanol–water partition coefficient (Wildman–Crippen LogP) is 1.98. The number of amides is 1. The Morgan fingerprint density at radius 2 is 1.87 bits per heavy atom. The maximum Gasteiger partial charge on any atom is 0.408 e. The van der Waals surface area contributed by atoms with E-state index in [1.807, 2.05) is 0 Å². The number of anilines is 2. The number of carbonyl (C=O) groups excluding carboxylic acids is 1. The molecule has 156 valence electrons. The first-order valence-electron chi connectivity index (χ1n) is 8.24. The molecule has 2 heterocycles. The summed E-state index contributed by atoms with van der Waals surface area (Å²) in [6.45, 7) is 1.19. The molecule has 12 nitrogen and oxygen atoms in total. The van der Waals surface area contributed by atoms with Crippen molar-refractivity contribution >= 4 is 45.0 Å². The third-order valence-electron chi connectivity index (χ3n) is 3.82. The van der Waals surface area contributed by atoms with E-state index >= 15 is 0 Å². The zero-order valence-corrected chi connectivity index (χ0v) is 16.9. The number of rotatable bonds is 7. The number of benzene rings is 1. The molecule has 3 rings (SSSR count). The quantitative estimate of drug-likeness (QED) is 0.407. The molecule has 0 atom stereocenters. The summed E-state index contributed by atoms with van der Waals surface area (Å²) in [4.78, 5) is 29.9. The average Bonchev–Trinajstić information content (AvgIpc) is 2.97. The molecule has 3 aromatic rings. The number of carbonyl (C=O) groups is 1. The van der Waals surface area contributed by atoms with Gasteiger partial charge in [0.25, 0.3) is 10.0 Å². The number of nitrogens with zero attached hydrogens (tertiary/aromatic N) is 5. The van der Waals surface area contributed by atoms with E-state index in [0.717, 1.165) is 4.68 Å². The van der Waals surface area contributed by atoms with Gasteiger partial charge in [-0.2, -0.15) is 4.68 Å². The first-order valence-corrected chi connectivity index (χ1v) is 10.1. The highest BCUT2D eigenvalue weighted by atomic mass is 35.5. The average molecular weight is 452 g/mol. The molecule has 0 fully saturated rings. The molecular weight excluding hydrogens is 438 g/mol. The molecular formula is C16H14ClN7O5S. The molecule has 0 saturated heterocycles. The standard InChI is InChI=1S/C16H14ClN7O5S/c1-10-14(17)15(24(26)27)21-23(10)9-13(25)20-11-3-5-12(6-4-11)30(28,29)22-16-18-7-2-8-19-16/h2-8H,9H2,1H3,(H,20,25)(H,18,19,22). The summed E-state index contributed by atoms with van der Waals surface area (Å²) >= 11 is 5.84. The first kappa shape index (κ1) is 21.1. The molecule has 1 aromatic carbocycles. The highest BCUT2D eigenvalue weighted by Crippen LogP contribution is 2.26. The van der Waals surface area contributed by atoms with Crippen molar-refractivity contribution < 1.29 is 18.1 Å². The maximum absolute atomic E-state index is 12.3. The Hall–Kier alpha value is -3.58. The largest absolute Gasteiger partial charge is 0.408 e. The molecule has 30 heavy (non-hydrogen) atoms. The Morgan fingerprint density at radius 3 is 2.43 bits per heavy atom. The lowest BCUT2D eigenvalue weighted by atomic mass is 10.3. The topological polar surface area (TPSA) is 162 Å². The van der Waals surface area contributed by atoms with Crippen LogP contribution in [0.15, 0.2) is 47.6 Å². The molecule has 0 aliphatic heterocycles. The monoisotopic (exact) mass is 451 g/mol. The Kier molecular flexibility index (Phi) is 5.94. The molecule has 0 radical (unpaired) electrons. The van der Waals surface area contributed by atoms with Gasteiger partial charge in [-0.1, -0.05) is 11.6 Å². The van der Waals surface area contributed by atoms with Crippen molar-refractivity contribution in [3.8, 4) is 0 Å². The number of aromatic nitrogens is 4. The fraction of sp³-hybridized carbons (Fsp3) is 0.125. The molecule has 2 aromatic heterocycles. The van der Waals surface area contributed by atoms with Crippen LogP contribution < -0.4 is 10.0 Å². The number of nitrogens with one attached hydrogen (secondary N) is 2. The van der Waals surface area contributed by atoms with Crippen LogP contribution in [0.1, 0.15) is 5.69 Å². The molecule has 1 amide bonds. The lowest BCUT2D eigenvalue weighted by Gasteiger charge is -2.08. The van der Waals surface area contributed by atoms with Gasteiger partial charge < -0.3 is 15.4 Å². The summed E-state index contributed by atoms with van der Waals surface area (Å²) in [6.07, 6.45) is 2.79. The van der Waals surface area contributed by atoms with Gasteiger partial charge in [0.05, 0.1) is 15.7 Å². The minimum absolute atomic E-state index is 0.0571. The Balaban J connectivity index is 1.68. The number of sulfonamides is 1. The van der Waals surface area contributed by atoms with Crippen molar-refractivity contribution in [3.63, 3.8) is 0 Å². The van der Waals surface area contributed by atoms with E-state index in [1.165, 1.54) is 43.6 Å². The van der Waals surface area contributed by atoms with Crippen molar-refractivity contribution in [2.75, 3.05) is 10.0 Å².